The first-order valence-electron chi connectivity index (χ1n) is 7.10. The Labute approximate surface area is 185 Å². The maximum Gasteiger partial charge on any atom is 0.151 e. The predicted octanol–water partition coefficient (Wildman–Crippen LogP) is 3.51. The van der Waals surface area contributed by atoms with Crippen LogP contribution >= 0.6 is 55.1 Å². The van der Waals surface area contributed by atoms with E-state index < -0.39 is 0 Å². The minimum Gasteiger partial charge on any atom is -0.365 e. The third-order valence-electron chi connectivity index (χ3n) is 3.52. The molecule has 4 rings (SSSR count). The summed E-state index contributed by atoms with van der Waals surface area (Å²) in [5, 5.41) is 5.82. The highest BCUT2D eigenvalue weighted by Gasteiger charge is 2.04. The molecule has 0 aliphatic heterocycles. The van der Waals surface area contributed by atoms with Crippen LogP contribution in [0.1, 0.15) is 0 Å². The Kier molecular flexibility index (Phi) is 6.55. The van der Waals surface area contributed by atoms with Crippen LogP contribution in [0.3, 0.4) is 0 Å². The number of aromatic nitrogens is 2. The van der Waals surface area contributed by atoms with Crippen molar-refractivity contribution in [3.8, 4) is 0 Å². The van der Waals surface area contributed by atoms with Gasteiger partial charge in [0.05, 0.1) is 10.0 Å². The van der Waals surface area contributed by atoms with Gasteiger partial charge in [-0.05, 0) is 56.1 Å². The average Bonchev–Trinajstić information content (AvgIpc) is 2.62. The molecule has 1 radical (unpaired) electrons. The van der Waals surface area contributed by atoms with Gasteiger partial charge in [0.15, 0.2) is 6.20 Å². The number of halogens is 5. The van der Waals surface area contributed by atoms with Gasteiger partial charge in [0.1, 0.15) is 6.20 Å². The fraction of sp³-hybridized carbons (Fsp3) is 0. The number of pyridine rings is 2. The number of hydrogen-bond acceptors (Lipinski definition) is 1. The highest BCUT2D eigenvalue weighted by atomic mass is 127. The Hall–Kier alpha value is -0.470. The molecule has 0 spiro atoms. The van der Waals surface area contributed by atoms with E-state index in [2.05, 4.69) is 59.7 Å². The normalized spacial score (nSPS) is 10.6. The van der Waals surface area contributed by atoms with E-state index in [9.17, 15) is 0 Å². The Bertz CT molecular complexity index is 1070. The van der Waals surface area contributed by atoms with Crippen molar-refractivity contribution in [1.29, 1.82) is 0 Å². The quantitative estimate of drug-likeness (QED) is 0.278. The van der Waals surface area contributed by atoms with E-state index in [1.807, 2.05) is 51.6 Å². The molecule has 0 saturated carbocycles. The zero-order valence-electron chi connectivity index (χ0n) is 12.6. The smallest absolute Gasteiger partial charge is 0.151 e. The largest absolute Gasteiger partial charge is 0.365 e. The lowest BCUT2D eigenvalue weighted by atomic mass is 10.2. The molecule has 0 fully saturated rings. The third-order valence-corrected chi connectivity index (χ3v) is 6.71. The molecule has 0 unspecified atom stereocenters. The SMILES string of the molecule is Clc1c(Br)ccc2c[n+]([I-])ccc12.Clc1c(Br)ccc2cnccc12. The summed E-state index contributed by atoms with van der Waals surface area (Å²) < 4.78 is 3.83. The van der Waals surface area contributed by atoms with Gasteiger partial charge in [-0.3, -0.25) is 4.98 Å². The lowest BCUT2D eigenvalue weighted by Gasteiger charge is -2.03. The predicted molar refractivity (Wildman–Crippen MR) is 107 cm³/mol. The molecule has 0 aliphatic carbocycles. The first-order valence-corrected chi connectivity index (χ1v) is 10.4. The molecule has 0 aliphatic rings. The van der Waals surface area contributed by atoms with Gasteiger partial charge in [-0.15, -0.1) is 0 Å². The molecule has 0 atom stereocenters. The summed E-state index contributed by atoms with van der Waals surface area (Å²) in [5.41, 5.74) is 0. The van der Waals surface area contributed by atoms with Gasteiger partial charge in [-0.1, -0.05) is 29.3 Å². The van der Waals surface area contributed by atoms with E-state index in [0.717, 1.165) is 40.5 Å². The molecule has 0 N–H and O–H groups in total. The molecule has 2 nitrogen and oxygen atoms in total. The van der Waals surface area contributed by atoms with Gasteiger partial charge >= 0.3 is 0 Å². The van der Waals surface area contributed by atoms with E-state index in [1.54, 1.807) is 12.4 Å². The highest BCUT2D eigenvalue weighted by molar-refractivity contribution is 9.10. The van der Waals surface area contributed by atoms with Crippen LogP contribution < -0.4 is 25.6 Å². The van der Waals surface area contributed by atoms with Crippen LogP contribution in [-0.2, 0) is 0 Å². The summed E-state index contributed by atoms with van der Waals surface area (Å²) in [7, 11) is 0. The maximum atomic E-state index is 6.12. The van der Waals surface area contributed by atoms with Crippen molar-refractivity contribution in [2.45, 2.75) is 0 Å². The maximum absolute atomic E-state index is 6.12. The first kappa shape index (κ1) is 19.3. The van der Waals surface area contributed by atoms with Gasteiger partial charge in [0.25, 0.3) is 0 Å². The lowest BCUT2D eigenvalue weighted by Crippen LogP contribution is -3.50. The van der Waals surface area contributed by atoms with Crippen LogP contribution in [0.5, 0.6) is 0 Å². The van der Waals surface area contributed by atoms with Crippen molar-refractivity contribution in [2.75, 3.05) is 0 Å². The fourth-order valence-corrected chi connectivity index (χ4v) is 3.91. The topological polar surface area (TPSA) is 16.8 Å². The molecular weight excluding hydrogens is 602 g/mol. The minimum atomic E-state index is 0.745. The summed E-state index contributed by atoms with van der Waals surface area (Å²) in [6, 6.07) is 11.8. The van der Waals surface area contributed by atoms with Crippen molar-refractivity contribution in [1.82, 2.24) is 4.98 Å². The fourth-order valence-electron chi connectivity index (χ4n) is 2.29. The number of nitrogens with zero attached hydrogens (tertiary/aromatic N) is 2. The van der Waals surface area contributed by atoms with Crippen molar-refractivity contribution in [2.24, 2.45) is 0 Å². The van der Waals surface area contributed by atoms with E-state index in [4.69, 9.17) is 23.2 Å². The second kappa shape index (κ2) is 8.48. The number of rotatable bonds is 0. The van der Waals surface area contributed by atoms with Crippen LogP contribution in [0.4, 0.5) is 0 Å². The van der Waals surface area contributed by atoms with Gasteiger partial charge in [-0.2, -0.15) is 0 Å². The minimum absolute atomic E-state index is 0.745. The Morgan fingerprint density at radius 1 is 0.840 bits per heavy atom. The number of fused-ring (bicyclic) bond motifs is 2. The molecule has 127 valence electrons. The second-order valence-electron chi connectivity index (χ2n) is 5.11. The molecule has 7 heteroatoms. The van der Waals surface area contributed by atoms with E-state index in [1.165, 1.54) is 0 Å². The summed E-state index contributed by atoms with van der Waals surface area (Å²) >= 11 is 21.1. The Morgan fingerprint density at radius 2 is 1.44 bits per heavy atom. The molecular formula is C18H10Br2Cl2IN2. The van der Waals surface area contributed by atoms with E-state index >= 15 is 0 Å². The van der Waals surface area contributed by atoms with Crippen molar-refractivity contribution < 1.29 is 25.6 Å². The number of hydrogen-bond donors (Lipinski definition) is 0. The summed E-state index contributed by atoms with van der Waals surface area (Å²) in [6.07, 6.45) is 7.55. The average molecular weight is 612 g/mol. The van der Waals surface area contributed by atoms with Crippen LogP contribution in [0, 0.1) is 0 Å². The molecule has 2 aromatic carbocycles. The van der Waals surface area contributed by atoms with Crippen molar-refractivity contribution in [3.63, 3.8) is 0 Å². The highest BCUT2D eigenvalue weighted by Crippen LogP contribution is 2.30. The van der Waals surface area contributed by atoms with Crippen molar-refractivity contribution in [3.05, 3.63) is 80.2 Å². The molecule has 2 heterocycles. The third kappa shape index (κ3) is 4.45. The van der Waals surface area contributed by atoms with Crippen LogP contribution in [0.25, 0.3) is 21.5 Å². The zero-order chi connectivity index (χ0) is 18.0. The van der Waals surface area contributed by atoms with E-state index in [-0.39, 0.29) is 0 Å². The molecule has 2 aromatic heterocycles. The first-order chi connectivity index (χ1) is 12.0. The van der Waals surface area contributed by atoms with Gasteiger partial charge in [-0.25, -0.2) is 0 Å². The second-order valence-corrected chi connectivity index (χ2v) is 8.69. The molecule has 4 aromatic rings. The van der Waals surface area contributed by atoms with Crippen molar-refractivity contribution >= 4 is 76.6 Å². The monoisotopic (exact) mass is 609 g/mol. The van der Waals surface area contributed by atoms with Gasteiger partial charge < -0.3 is 25.6 Å². The molecule has 0 saturated heterocycles. The Balaban J connectivity index is 0.000000146. The molecule has 0 amide bonds. The van der Waals surface area contributed by atoms with Crippen LogP contribution in [0.15, 0.2) is 70.1 Å². The zero-order valence-corrected chi connectivity index (χ0v) is 19.4. The standard InChI is InChI=1S/C9H5BrClIN.C9H5BrClN/c10-8-2-1-6-5-13(12)4-3-7(6)9(8)11;10-8-2-1-6-5-12-4-3-7(6)9(8)11/h1-5H;1-5H. The summed E-state index contributed by atoms with van der Waals surface area (Å²) in [5.74, 6) is 0. The van der Waals surface area contributed by atoms with E-state index in [0.29, 0.717) is 0 Å². The summed E-state index contributed by atoms with van der Waals surface area (Å²) in [6.45, 7) is 0. The lowest BCUT2D eigenvalue weighted by molar-refractivity contribution is -1.16. The van der Waals surface area contributed by atoms with Crippen LogP contribution in [0.2, 0.25) is 10.0 Å². The van der Waals surface area contributed by atoms with Gasteiger partial charge in [0, 0.05) is 49.0 Å². The van der Waals surface area contributed by atoms with Crippen LogP contribution in [-0.4, -0.2) is 4.98 Å². The molecule has 0 bridgehead atoms. The molecule has 25 heavy (non-hydrogen) atoms. The van der Waals surface area contributed by atoms with Gasteiger partial charge in [0.2, 0.25) is 0 Å². The summed E-state index contributed by atoms with van der Waals surface area (Å²) in [4.78, 5) is 4.01. The Morgan fingerprint density at radius 3 is 2.12 bits per heavy atom. The number of benzene rings is 2.